The molecular weight excluding hydrogens is 236 g/mol. The quantitative estimate of drug-likeness (QED) is 0.720. The Morgan fingerprint density at radius 1 is 1.28 bits per heavy atom. The fourth-order valence-corrected chi connectivity index (χ4v) is 1.91. The van der Waals surface area contributed by atoms with E-state index in [4.69, 9.17) is 5.11 Å². The molecule has 0 aromatic rings. The minimum atomic E-state index is -1.16. The Morgan fingerprint density at radius 3 is 2.33 bits per heavy atom. The number of carboxylic acids is 1. The summed E-state index contributed by atoms with van der Waals surface area (Å²) in [6.45, 7) is 6.95. The molecule has 1 atom stereocenters. The molecule has 1 aliphatic rings. The maximum atomic E-state index is 11.8. The highest BCUT2D eigenvalue weighted by atomic mass is 16.4. The summed E-state index contributed by atoms with van der Waals surface area (Å²) in [5.74, 6) is -2.46. The van der Waals surface area contributed by atoms with Crippen LogP contribution in [0.4, 0.5) is 0 Å². The van der Waals surface area contributed by atoms with Crippen molar-refractivity contribution in [3.8, 4) is 0 Å². The fourth-order valence-electron chi connectivity index (χ4n) is 1.91. The third-order valence-electron chi connectivity index (χ3n) is 2.96. The van der Waals surface area contributed by atoms with Gasteiger partial charge in [-0.05, 0) is 12.8 Å². The Kier molecular flexibility index (Phi) is 4.69. The molecule has 1 N–H and O–H groups in total. The number of rotatable bonds is 4. The minimum Gasteiger partial charge on any atom is -0.481 e. The zero-order valence-electron chi connectivity index (χ0n) is 11.0. The average Bonchev–Trinajstić information content (AvgIpc) is 2.29. The number of carboxylic acid groups (broad SMARTS) is 1. The lowest BCUT2D eigenvalue weighted by Crippen LogP contribution is -2.54. The van der Waals surface area contributed by atoms with Crippen LogP contribution in [0.25, 0.3) is 0 Å². The number of aliphatic carboxylic acids is 1. The fraction of sp³-hybridized carbons (Fsp3) is 0.750. The monoisotopic (exact) mass is 256 g/mol. The van der Waals surface area contributed by atoms with Crippen LogP contribution >= 0.6 is 0 Å². The molecule has 1 unspecified atom stereocenters. The average molecular weight is 256 g/mol. The lowest BCUT2D eigenvalue weighted by Gasteiger charge is -2.35. The van der Waals surface area contributed by atoms with Crippen LogP contribution in [-0.2, 0) is 14.4 Å². The number of hydrogen-bond donors (Lipinski definition) is 1. The highest BCUT2D eigenvalue weighted by molar-refractivity contribution is 5.98. The number of hydrogen-bond acceptors (Lipinski definition) is 3. The summed E-state index contributed by atoms with van der Waals surface area (Å²) in [5.41, 5.74) is 0. The number of carbonyl (C=O) groups is 3. The van der Waals surface area contributed by atoms with Gasteiger partial charge in [0, 0.05) is 19.6 Å². The number of amides is 2. The van der Waals surface area contributed by atoms with E-state index in [1.54, 1.807) is 4.90 Å². The van der Waals surface area contributed by atoms with Crippen molar-refractivity contribution in [2.45, 2.75) is 20.8 Å². The molecule has 1 fully saturated rings. The molecule has 0 saturated carbocycles. The molecule has 6 nitrogen and oxygen atoms in total. The standard InChI is InChI=1S/C12H20N2O4/c1-8(2)6-13-4-5-14(7-10(13)15)11(16)9(3)12(17)18/h8-9H,4-7H2,1-3H3,(H,17,18). The van der Waals surface area contributed by atoms with Crippen molar-refractivity contribution in [3.05, 3.63) is 0 Å². The summed E-state index contributed by atoms with van der Waals surface area (Å²) in [5, 5.41) is 8.78. The molecule has 6 heteroatoms. The van der Waals surface area contributed by atoms with Gasteiger partial charge in [-0.2, -0.15) is 0 Å². The van der Waals surface area contributed by atoms with E-state index in [0.29, 0.717) is 25.6 Å². The van der Waals surface area contributed by atoms with Gasteiger partial charge in [-0.25, -0.2) is 0 Å². The summed E-state index contributed by atoms with van der Waals surface area (Å²) in [4.78, 5) is 37.4. The molecule has 1 aliphatic heterocycles. The van der Waals surface area contributed by atoms with Crippen LogP contribution < -0.4 is 0 Å². The summed E-state index contributed by atoms with van der Waals surface area (Å²) in [6.07, 6.45) is 0. The van der Waals surface area contributed by atoms with Crippen molar-refractivity contribution in [1.29, 1.82) is 0 Å². The number of carbonyl (C=O) groups excluding carboxylic acids is 2. The zero-order valence-corrected chi connectivity index (χ0v) is 11.0. The summed E-state index contributed by atoms with van der Waals surface area (Å²) < 4.78 is 0. The second-order valence-corrected chi connectivity index (χ2v) is 5.05. The molecule has 0 aromatic heterocycles. The lowest BCUT2D eigenvalue weighted by molar-refractivity contribution is -0.155. The molecule has 2 amide bonds. The maximum absolute atomic E-state index is 11.8. The van der Waals surface area contributed by atoms with Crippen molar-refractivity contribution in [1.82, 2.24) is 9.80 Å². The van der Waals surface area contributed by atoms with E-state index in [2.05, 4.69) is 0 Å². The van der Waals surface area contributed by atoms with E-state index in [9.17, 15) is 14.4 Å². The van der Waals surface area contributed by atoms with E-state index in [-0.39, 0.29) is 12.5 Å². The van der Waals surface area contributed by atoms with Gasteiger partial charge in [-0.15, -0.1) is 0 Å². The molecule has 0 aliphatic carbocycles. The van der Waals surface area contributed by atoms with Crippen molar-refractivity contribution >= 4 is 17.8 Å². The van der Waals surface area contributed by atoms with Gasteiger partial charge in [-0.1, -0.05) is 13.8 Å². The largest absolute Gasteiger partial charge is 0.481 e. The van der Waals surface area contributed by atoms with Gasteiger partial charge < -0.3 is 14.9 Å². The third kappa shape index (κ3) is 3.45. The molecule has 102 valence electrons. The first-order chi connectivity index (χ1) is 8.32. The van der Waals surface area contributed by atoms with Gasteiger partial charge in [0.1, 0.15) is 5.92 Å². The van der Waals surface area contributed by atoms with E-state index in [0.717, 1.165) is 0 Å². The van der Waals surface area contributed by atoms with Crippen LogP contribution in [0.2, 0.25) is 0 Å². The van der Waals surface area contributed by atoms with E-state index in [1.165, 1.54) is 11.8 Å². The van der Waals surface area contributed by atoms with Crippen LogP contribution in [0.3, 0.4) is 0 Å². The van der Waals surface area contributed by atoms with Gasteiger partial charge in [0.15, 0.2) is 0 Å². The van der Waals surface area contributed by atoms with Crippen molar-refractivity contribution < 1.29 is 19.5 Å². The van der Waals surface area contributed by atoms with Gasteiger partial charge in [0.05, 0.1) is 6.54 Å². The molecule has 1 rings (SSSR count). The van der Waals surface area contributed by atoms with Gasteiger partial charge in [0.2, 0.25) is 11.8 Å². The first-order valence-electron chi connectivity index (χ1n) is 6.12. The number of piperazine rings is 1. The molecule has 0 spiro atoms. The Labute approximate surface area is 107 Å². The first kappa shape index (κ1) is 14.5. The topological polar surface area (TPSA) is 77.9 Å². The molecule has 1 saturated heterocycles. The Balaban J connectivity index is 2.58. The highest BCUT2D eigenvalue weighted by Crippen LogP contribution is 2.10. The third-order valence-corrected chi connectivity index (χ3v) is 2.96. The minimum absolute atomic E-state index is 0.0107. The predicted octanol–water partition coefficient (Wildman–Crippen LogP) is 0.0339. The second-order valence-electron chi connectivity index (χ2n) is 5.05. The Bertz CT molecular complexity index is 354. The summed E-state index contributed by atoms with van der Waals surface area (Å²) in [7, 11) is 0. The Morgan fingerprint density at radius 2 is 1.89 bits per heavy atom. The lowest BCUT2D eigenvalue weighted by atomic mass is 10.1. The van der Waals surface area contributed by atoms with Gasteiger partial charge in [0.25, 0.3) is 0 Å². The summed E-state index contributed by atoms with van der Waals surface area (Å²) in [6, 6.07) is 0. The molecule has 1 heterocycles. The summed E-state index contributed by atoms with van der Waals surface area (Å²) >= 11 is 0. The molecule has 0 bridgehead atoms. The zero-order chi connectivity index (χ0) is 13.9. The van der Waals surface area contributed by atoms with Crippen molar-refractivity contribution in [2.24, 2.45) is 11.8 Å². The van der Waals surface area contributed by atoms with E-state index in [1.807, 2.05) is 13.8 Å². The van der Waals surface area contributed by atoms with Crippen molar-refractivity contribution in [3.63, 3.8) is 0 Å². The Hall–Kier alpha value is -1.59. The van der Waals surface area contributed by atoms with Crippen LogP contribution in [0.15, 0.2) is 0 Å². The number of nitrogens with zero attached hydrogens (tertiary/aromatic N) is 2. The van der Waals surface area contributed by atoms with Crippen LogP contribution in [0.5, 0.6) is 0 Å². The highest BCUT2D eigenvalue weighted by Gasteiger charge is 2.32. The van der Waals surface area contributed by atoms with E-state index >= 15 is 0 Å². The first-order valence-corrected chi connectivity index (χ1v) is 6.12. The van der Waals surface area contributed by atoms with Crippen LogP contribution in [0.1, 0.15) is 20.8 Å². The van der Waals surface area contributed by atoms with Gasteiger partial charge >= 0.3 is 5.97 Å². The predicted molar refractivity (Wildman–Crippen MR) is 64.8 cm³/mol. The molecule has 0 aromatic carbocycles. The smallest absolute Gasteiger partial charge is 0.315 e. The molecule has 18 heavy (non-hydrogen) atoms. The normalized spacial score (nSPS) is 18.1. The van der Waals surface area contributed by atoms with Crippen LogP contribution in [0, 0.1) is 11.8 Å². The molecular formula is C12H20N2O4. The second kappa shape index (κ2) is 5.84. The van der Waals surface area contributed by atoms with Crippen molar-refractivity contribution in [2.75, 3.05) is 26.2 Å². The SMILES string of the molecule is CC(C)CN1CCN(C(=O)C(C)C(=O)O)CC1=O. The van der Waals surface area contributed by atoms with E-state index < -0.39 is 17.8 Å². The van der Waals surface area contributed by atoms with Crippen LogP contribution in [-0.4, -0.2) is 58.9 Å². The maximum Gasteiger partial charge on any atom is 0.315 e. The molecule has 0 radical (unpaired) electrons. The van der Waals surface area contributed by atoms with Gasteiger partial charge in [-0.3, -0.25) is 14.4 Å².